The molecule has 0 aromatic carbocycles. The summed E-state index contributed by atoms with van der Waals surface area (Å²) in [5.41, 5.74) is 0. The molecule has 6 atom stereocenters. The lowest BCUT2D eigenvalue weighted by Crippen LogP contribution is -2.59. The van der Waals surface area contributed by atoms with E-state index in [2.05, 4.69) is 21.3 Å². The minimum atomic E-state index is -0.938. The van der Waals surface area contributed by atoms with Crippen LogP contribution in [0.5, 0.6) is 0 Å². The molecule has 2 fully saturated rings. The quantitative estimate of drug-likeness (QED) is 0.205. The Morgan fingerprint density at radius 2 is 1.50 bits per heavy atom. The number of carbonyl (C=O) groups excluding carboxylic acids is 5. The molecule has 4 N–H and O–H groups in total. The van der Waals surface area contributed by atoms with Gasteiger partial charge >= 0.3 is 5.97 Å². The van der Waals surface area contributed by atoms with E-state index in [1.54, 1.807) is 34.6 Å². The number of hydrogen-bond donors (Lipinski definition) is 4. The van der Waals surface area contributed by atoms with Gasteiger partial charge in [0.2, 0.25) is 23.6 Å². The van der Waals surface area contributed by atoms with Gasteiger partial charge in [0.25, 0.3) is 0 Å². The summed E-state index contributed by atoms with van der Waals surface area (Å²) in [4.78, 5) is 63.8. The maximum Gasteiger partial charge on any atom is 0.329 e. The second kappa shape index (κ2) is 11.5. The highest BCUT2D eigenvalue weighted by molar-refractivity contribution is 14.1. The third-order valence-electron chi connectivity index (χ3n) is 5.28. The summed E-state index contributed by atoms with van der Waals surface area (Å²) >= 11 is 3.20. The Hall–Kier alpha value is -1.57. The van der Waals surface area contributed by atoms with E-state index in [0.717, 1.165) is 0 Å². The Balaban J connectivity index is 2.38. The Morgan fingerprint density at radius 3 is 2.09 bits per heavy atom. The van der Waals surface area contributed by atoms with Gasteiger partial charge in [-0.1, -0.05) is 34.6 Å². The van der Waals surface area contributed by atoms with Gasteiger partial charge in [-0.15, -0.1) is 0 Å². The first-order valence-electron chi connectivity index (χ1n) is 10.6. The van der Waals surface area contributed by atoms with Gasteiger partial charge < -0.3 is 26.0 Å². The van der Waals surface area contributed by atoms with Crippen LogP contribution in [0.15, 0.2) is 0 Å². The molecule has 32 heavy (non-hydrogen) atoms. The number of carbonyl (C=O) groups is 5. The van der Waals surface area contributed by atoms with Gasteiger partial charge in [0.15, 0.2) is 4.11 Å². The van der Waals surface area contributed by atoms with Gasteiger partial charge in [0.05, 0.1) is 6.42 Å². The first kappa shape index (κ1) is 26.7. The lowest BCUT2D eigenvalue weighted by molar-refractivity contribution is -0.151. The number of nitrogens with one attached hydrogen (secondary N) is 4. The average molecular weight is 582 g/mol. The molecule has 0 saturated carbocycles. The van der Waals surface area contributed by atoms with E-state index >= 15 is 0 Å². The lowest BCUT2D eigenvalue weighted by Gasteiger charge is -2.28. The van der Waals surface area contributed by atoms with E-state index in [4.69, 9.17) is 4.74 Å². The lowest BCUT2D eigenvalue weighted by atomic mass is 10.0. The standard InChI is InChI=1S/C20H31IN4O6S/c1-8(2)14-18(28)22-11-7-32-10(5)16(25-17(11)27)19(29)24-15(9(3)4)20(30)31-12(21)6-13(26)23-14/h8-12,14-16H,6-7H2,1-5H3,(H,22,28)(H,23,26)(H,24,29)(H,25,27)/t10-,11-,12-,14-,15+,16-/m1/s1. The second-order valence-corrected chi connectivity index (χ2v) is 11.5. The molecule has 10 nitrogen and oxygen atoms in total. The van der Waals surface area contributed by atoms with Crippen molar-refractivity contribution < 1.29 is 28.7 Å². The third kappa shape index (κ3) is 6.96. The zero-order valence-electron chi connectivity index (χ0n) is 18.8. The molecule has 2 rings (SSSR count). The monoisotopic (exact) mass is 582 g/mol. The van der Waals surface area contributed by atoms with Gasteiger partial charge in [0.1, 0.15) is 24.2 Å². The first-order chi connectivity index (χ1) is 14.9. The van der Waals surface area contributed by atoms with Crippen LogP contribution in [0.3, 0.4) is 0 Å². The molecule has 2 aliphatic rings. The zero-order valence-corrected chi connectivity index (χ0v) is 21.7. The summed E-state index contributed by atoms with van der Waals surface area (Å²) < 4.78 is 4.61. The SMILES string of the molecule is CC(C)[C@@H]1NC(=O)[C@@H]2NC(=O)[C@@H](CS[C@@H]2C)NC(=O)[C@@H](C(C)C)NC(=O)C[C@H](I)OC1=O. The zero-order chi connectivity index (χ0) is 24.2. The van der Waals surface area contributed by atoms with Crippen LogP contribution in [-0.4, -0.2) is 68.9 Å². The summed E-state index contributed by atoms with van der Waals surface area (Å²) in [7, 11) is 0. The number of ether oxygens (including phenoxy) is 1. The van der Waals surface area contributed by atoms with E-state index in [1.807, 2.05) is 22.6 Å². The minimum absolute atomic E-state index is 0.152. The molecule has 2 saturated heterocycles. The molecule has 4 amide bonds. The predicted molar refractivity (Wildman–Crippen MR) is 128 cm³/mol. The van der Waals surface area contributed by atoms with E-state index in [9.17, 15) is 24.0 Å². The average Bonchev–Trinajstić information content (AvgIpc) is 2.81. The largest absolute Gasteiger partial charge is 0.450 e. The maximum absolute atomic E-state index is 13.0. The molecule has 12 heteroatoms. The van der Waals surface area contributed by atoms with Crippen molar-refractivity contribution in [2.45, 2.75) is 74.6 Å². The van der Waals surface area contributed by atoms with Crippen molar-refractivity contribution in [2.24, 2.45) is 11.8 Å². The topological polar surface area (TPSA) is 143 Å². The van der Waals surface area contributed by atoms with Crippen LogP contribution in [0.2, 0.25) is 0 Å². The minimum Gasteiger partial charge on any atom is -0.450 e. The van der Waals surface area contributed by atoms with E-state index in [0.29, 0.717) is 0 Å². The molecule has 180 valence electrons. The van der Waals surface area contributed by atoms with E-state index in [1.165, 1.54) is 11.8 Å². The summed E-state index contributed by atoms with van der Waals surface area (Å²) in [6, 6.07) is -3.54. The van der Waals surface area contributed by atoms with Crippen molar-refractivity contribution in [1.82, 2.24) is 21.3 Å². The predicted octanol–water partition coefficient (Wildman–Crippen LogP) is 0.0809. The Kier molecular flexibility index (Phi) is 9.61. The van der Waals surface area contributed by atoms with Gasteiger partial charge in [-0.2, -0.15) is 11.8 Å². The van der Waals surface area contributed by atoms with Crippen LogP contribution >= 0.6 is 34.4 Å². The van der Waals surface area contributed by atoms with E-state index in [-0.39, 0.29) is 29.3 Å². The highest BCUT2D eigenvalue weighted by atomic mass is 127. The Labute approximate surface area is 205 Å². The maximum atomic E-state index is 13.0. The molecule has 2 heterocycles. The van der Waals surface area contributed by atoms with Gasteiger partial charge in [-0.3, -0.25) is 19.2 Å². The number of rotatable bonds is 2. The molecule has 0 aromatic rings. The summed E-state index contributed by atoms with van der Waals surface area (Å²) in [6.07, 6.45) is -0.152. The highest BCUT2D eigenvalue weighted by Gasteiger charge is 2.39. The van der Waals surface area contributed by atoms with Crippen LogP contribution in [-0.2, 0) is 28.7 Å². The van der Waals surface area contributed by atoms with Gasteiger partial charge in [-0.25, -0.2) is 4.79 Å². The van der Waals surface area contributed by atoms with Crippen molar-refractivity contribution in [3.05, 3.63) is 0 Å². The number of esters is 1. The van der Waals surface area contributed by atoms with Crippen LogP contribution in [0.25, 0.3) is 0 Å². The number of alkyl halides is 1. The molecule has 0 aromatic heterocycles. The van der Waals surface area contributed by atoms with Crippen molar-refractivity contribution in [1.29, 1.82) is 0 Å². The molecule has 0 aliphatic carbocycles. The molecule has 0 radical (unpaired) electrons. The Bertz CT molecular complexity index is 764. The fourth-order valence-corrected chi connectivity index (χ4v) is 5.10. The molecule has 2 bridgehead atoms. The fraction of sp³-hybridized carbons (Fsp3) is 0.750. The molecule has 0 spiro atoms. The number of hydrogen-bond acceptors (Lipinski definition) is 7. The second-order valence-electron chi connectivity index (χ2n) is 8.66. The summed E-state index contributed by atoms with van der Waals surface area (Å²) in [6.45, 7) is 8.89. The van der Waals surface area contributed by atoms with Gasteiger partial charge in [-0.05, 0) is 34.4 Å². The molecule has 2 aliphatic heterocycles. The number of cyclic esters (lactones) is 1. The van der Waals surface area contributed by atoms with Crippen LogP contribution < -0.4 is 21.3 Å². The van der Waals surface area contributed by atoms with Crippen LogP contribution in [0.1, 0.15) is 41.0 Å². The van der Waals surface area contributed by atoms with Crippen molar-refractivity contribution >= 4 is 64.0 Å². The van der Waals surface area contributed by atoms with Crippen molar-refractivity contribution in [2.75, 3.05) is 5.75 Å². The smallest absolute Gasteiger partial charge is 0.329 e. The Morgan fingerprint density at radius 1 is 0.875 bits per heavy atom. The fourth-order valence-electron chi connectivity index (χ4n) is 3.33. The normalized spacial score (nSPS) is 33.2. The number of fused-ring (bicyclic) bond motifs is 3. The highest BCUT2D eigenvalue weighted by Crippen LogP contribution is 2.21. The summed E-state index contributed by atoms with van der Waals surface area (Å²) in [5.74, 6) is -2.85. The van der Waals surface area contributed by atoms with Crippen molar-refractivity contribution in [3.8, 4) is 0 Å². The molecular weight excluding hydrogens is 551 g/mol. The third-order valence-corrected chi connectivity index (χ3v) is 7.30. The summed E-state index contributed by atoms with van der Waals surface area (Å²) in [5, 5.41) is 10.5. The van der Waals surface area contributed by atoms with E-state index < -0.39 is 57.9 Å². The van der Waals surface area contributed by atoms with Crippen LogP contribution in [0.4, 0.5) is 0 Å². The number of amides is 4. The first-order valence-corrected chi connectivity index (χ1v) is 12.9. The number of halogens is 1. The molecular formula is C20H31IN4O6S. The van der Waals surface area contributed by atoms with Crippen LogP contribution in [0, 0.1) is 11.8 Å². The van der Waals surface area contributed by atoms with Gasteiger partial charge in [0, 0.05) is 11.0 Å². The number of thioether (sulfide) groups is 1. The van der Waals surface area contributed by atoms with Crippen molar-refractivity contribution in [3.63, 3.8) is 0 Å². The molecule has 0 unspecified atom stereocenters.